The highest BCUT2D eigenvalue weighted by Crippen LogP contribution is 2.60. The molecule has 224 valence electrons. The van der Waals surface area contributed by atoms with Crippen LogP contribution in [0.3, 0.4) is 0 Å². The minimum absolute atomic E-state index is 0.208. The summed E-state index contributed by atoms with van der Waals surface area (Å²) in [4.78, 5) is 30.2. The van der Waals surface area contributed by atoms with Crippen LogP contribution in [0, 0.1) is 5.41 Å². The normalized spacial score (nSPS) is 17.3. The number of halogens is 14. The van der Waals surface area contributed by atoms with Crippen molar-refractivity contribution >= 4 is 13.8 Å². The van der Waals surface area contributed by atoms with Gasteiger partial charge < -0.3 is 29.9 Å². The molecule has 2 atom stereocenters. The minimum atomic E-state index is -7.45. The molecule has 0 aromatic heterocycles. The zero-order valence-electron chi connectivity index (χ0n) is 17.9. The molecular formula is C14H18F14NO7P. The molecule has 23 heteroatoms. The lowest BCUT2D eigenvalue weighted by Crippen LogP contribution is -2.65. The average Bonchev–Trinajstić information content (AvgIpc) is 2.67. The molecule has 2 unspecified atom stereocenters. The third-order valence-electron chi connectivity index (χ3n) is 4.01. The number of hydrogen-bond acceptors (Lipinski definition) is 6. The summed E-state index contributed by atoms with van der Waals surface area (Å²) in [6.07, 6.45) is -18.5. The predicted octanol–water partition coefficient (Wildman–Crippen LogP) is 2.29. The molecule has 0 spiro atoms. The summed E-state index contributed by atoms with van der Waals surface area (Å²) in [5, 5.41) is 7.81. The quantitative estimate of drug-likeness (QED) is 0.141. The second-order valence-corrected chi connectivity index (χ2v) is 8.14. The van der Waals surface area contributed by atoms with Crippen LogP contribution in [0.5, 0.6) is 0 Å². The van der Waals surface area contributed by atoms with Crippen LogP contribution in [0.1, 0.15) is 13.3 Å². The molecule has 0 saturated heterocycles. The first-order chi connectivity index (χ1) is 16.0. The predicted molar refractivity (Wildman–Crippen MR) is 86.2 cm³/mol. The van der Waals surface area contributed by atoms with Crippen LogP contribution in [0.2, 0.25) is 0 Å². The number of hydrogen-bond donors (Lipinski definition) is 3. The van der Waals surface area contributed by atoms with Crippen LogP contribution in [-0.2, 0) is 18.6 Å². The van der Waals surface area contributed by atoms with Crippen molar-refractivity contribution in [1.82, 2.24) is 0 Å². The van der Waals surface area contributed by atoms with Gasteiger partial charge in [-0.3, -0.25) is 9.36 Å². The molecular weight excluding hydrogens is 591 g/mol. The molecule has 0 amide bonds. The van der Waals surface area contributed by atoms with E-state index >= 15 is 0 Å². The SMILES string of the molecule is CC(CC(F)(F)C(F)(F)C(F)(F)F)(C(=O)OCCOP(=O)([O-])O)C(F)(F)C(F)(F)C(F)(F)F.[NH3+]CCO. The van der Waals surface area contributed by atoms with Crippen molar-refractivity contribution < 1.29 is 101 Å². The van der Waals surface area contributed by atoms with E-state index in [1.807, 2.05) is 0 Å². The summed E-state index contributed by atoms with van der Waals surface area (Å²) < 4.78 is 199. The molecule has 5 N–H and O–H groups in total. The van der Waals surface area contributed by atoms with Crippen LogP contribution >= 0.6 is 7.82 Å². The first kappa shape index (κ1) is 37.7. The number of phosphoric acid groups is 1. The molecule has 8 nitrogen and oxygen atoms in total. The summed E-state index contributed by atoms with van der Waals surface area (Å²) in [7, 11) is -5.62. The van der Waals surface area contributed by atoms with Gasteiger partial charge in [0.15, 0.2) is 0 Å². The highest BCUT2D eigenvalue weighted by atomic mass is 31.2. The summed E-state index contributed by atoms with van der Waals surface area (Å²) in [5.41, 5.74) is -2.07. The number of aliphatic hydroxyl groups is 1. The van der Waals surface area contributed by atoms with Gasteiger partial charge in [-0.25, -0.2) is 0 Å². The van der Waals surface area contributed by atoms with Gasteiger partial charge in [0.05, 0.1) is 19.8 Å². The van der Waals surface area contributed by atoms with E-state index in [9.17, 15) is 75.7 Å². The number of quaternary nitrogens is 1. The molecule has 37 heavy (non-hydrogen) atoms. The number of phosphoric ester groups is 1. The Bertz CT molecular complexity index is 796. The minimum Gasteiger partial charge on any atom is -0.756 e. The van der Waals surface area contributed by atoms with E-state index in [1.54, 1.807) is 0 Å². The van der Waals surface area contributed by atoms with Crippen molar-refractivity contribution in [3.8, 4) is 0 Å². The van der Waals surface area contributed by atoms with E-state index in [0.29, 0.717) is 6.54 Å². The molecule has 0 aliphatic rings. The van der Waals surface area contributed by atoms with E-state index < -0.39 is 81.8 Å². The van der Waals surface area contributed by atoms with Crippen molar-refractivity contribution in [3.63, 3.8) is 0 Å². The van der Waals surface area contributed by atoms with E-state index in [2.05, 4.69) is 15.0 Å². The lowest BCUT2D eigenvalue weighted by atomic mass is 9.74. The maximum atomic E-state index is 14.1. The van der Waals surface area contributed by atoms with Gasteiger partial charge in [-0.1, -0.05) is 0 Å². The lowest BCUT2D eigenvalue weighted by Gasteiger charge is -2.42. The van der Waals surface area contributed by atoms with Crippen LogP contribution in [0.4, 0.5) is 61.5 Å². The van der Waals surface area contributed by atoms with Crippen LogP contribution in [0.15, 0.2) is 0 Å². The number of rotatable bonds is 11. The first-order valence-corrected chi connectivity index (χ1v) is 10.4. The van der Waals surface area contributed by atoms with Crippen molar-refractivity contribution in [3.05, 3.63) is 0 Å². The average molecular weight is 609 g/mol. The van der Waals surface area contributed by atoms with Crippen molar-refractivity contribution in [2.24, 2.45) is 5.41 Å². The van der Waals surface area contributed by atoms with Gasteiger partial charge in [0.1, 0.15) is 12.0 Å². The topological polar surface area (TPSA) is 144 Å². The molecule has 0 heterocycles. The molecule has 0 bridgehead atoms. The van der Waals surface area contributed by atoms with Gasteiger partial charge in [0.25, 0.3) is 7.82 Å². The molecule has 0 fully saturated rings. The van der Waals surface area contributed by atoms with Crippen LogP contribution in [0.25, 0.3) is 0 Å². The number of carbonyl (C=O) groups excluding carboxylic acids is 1. The molecule has 0 saturated carbocycles. The molecule has 0 rings (SSSR count). The first-order valence-electron chi connectivity index (χ1n) is 8.90. The van der Waals surface area contributed by atoms with Gasteiger partial charge in [0, 0.05) is 6.42 Å². The fraction of sp³-hybridized carbons (Fsp3) is 0.929. The lowest BCUT2D eigenvalue weighted by molar-refractivity contribution is -0.391. The van der Waals surface area contributed by atoms with E-state index in [4.69, 9.17) is 10.00 Å². The Hall–Kier alpha value is -1.48. The highest BCUT2D eigenvalue weighted by molar-refractivity contribution is 7.44. The zero-order valence-corrected chi connectivity index (χ0v) is 18.8. The summed E-state index contributed by atoms with van der Waals surface area (Å²) in [6.45, 7) is -3.45. The van der Waals surface area contributed by atoms with Crippen molar-refractivity contribution in [1.29, 1.82) is 0 Å². The summed E-state index contributed by atoms with van der Waals surface area (Å²) in [6, 6.07) is 0. The second-order valence-electron chi connectivity index (χ2n) is 6.95. The molecule has 0 radical (unpaired) electrons. The summed E-state index contributed by atoms with van der Waals surface area (Å²) in [5.74, 6) is -32.1. The Morgan fingerprint density at radius 2 is 1.22 bits per heavy atom. The Kier molecular flexibility index (Phi) is 12.4. The van der Waals surface area contributed by atoms with Gasteiger partial charge in [-0.15, -0.1) is 0 Å². The Morgan fingerprint density at radius 3 is 1.51 bits per heavy atom. The van der Waals surface area contributed by atoms with Gasteiger partial charge in [-0.05, 0) is 6.92 Å². The Balaban J connectivity index is 0. The molecule has 0 aromatic carbocycles. The number of aliphatic hydroxyl groups excluding tert-OH is 1. The van der Waals surface area contributed by atoms with Crippen molar-refractivity contribution in [2.75, 3.05) is 26.4 Å². The second kappa shape index (κ2) is 12.1. The number of esters is 1. The Morgan fingerprint density at radius 1 is 0.838 bits per heavy atom. The van der Waals surface area contributed by atoms with E-state index in [-0.39, 0.29) is 6.61 Å². The number of alkyl halides is 14. The number of ether oxygens (including phenoxy) is 1. The third-order valence-corrected chi connectivity index (χ3v) is 4.52. The van der Waals surface area contributed by atoms with Crippen LogP contribution in [-0.4, -0.2) is 78.4 Å². The van der Waals surface area contributed by atoms with Gasteiger partial charge in [0.2, 0.25) is 0 Å². The van der Waals surface area contributed by atoms with Crippen LogP contribution < -0.4 is 10.6 Å². The van der Waals surface area contributed by atoms with Crippen molar-refractivity contribution in [2.45, 2.75) is 49.4 Å². The third kappa shape index (κ3) is 8.77. The monoisotopic (exact) mass is 609 g/mol. The standard InChI is InChI=1S/C12H11F14O6P.C2H7NO/c1-6(5(27)31-2-3-32-33(28,29)30,8(15,16)10(19,20)12(24,25)26)4-7(13,14)9(17,18)11(21,22)23;3-1-2-4/h2-4H2,1H3,(H2,28,29,30);4H,1-3H2. The van der Waals surface area contributed by atoms with Gasteiger partial charge in [-0.2, -0.15) is 61.5 Å². The number of carbonyl (C=O) groups is 1. The fourth-order valence-electron chi connectivity index (χ4n) is 2.04. The fourth-order valence-corrected chi connectivity index (χ4v) is 2.35. The smallest absolute Gasteiger partial charge is 0.459 e. The van der Waals surface area contributed by atoms with E-state index in [0.717, 1.165) is 0 Å². The maximum Gasteiger partial charge on any atom is 0.459 e. The molecule has 0 aliphatic heterocycles. The molecule has 0 aromatic rings. The molecule has 0 aliphatic carbocycles. The Labute approximate surface area is 196 Å². The zero-order chi connectivity index (χ0) is 30.5. The highest BCUT2D eigenvalue weighted by Gasteiger charge is 2.83. The largest absolute Gasteiger partial charge is 0.756 e. The summed E-state index contributed by atoms with van der Waals surface area (Å²) >= 11 is 0. The maximum absolute atomic E-state index is 14.1. The van der Waals surface area contributed by atoms with E-state index in [1.165, 1.54) is 0 Å². The van der Waals surface area contributed by atoms with Gasteiger partial charge >= 0.3 is 42.0 Å².